The molecule has 1 aliphatic carbocycles. The molecule has 4 nitrogen and oxygen atoms in total. The quantitative estimate of drug-likeness (QED) is 0.284. The maximum atomic E-state index is 8.84. The molecule has 0 heterocycles. The number of nitrogens with zero attached hydrogens (tertiary/aromatic N) is 1. The van der Waals surface area contributed by atoms with Gasteiger partial charge in [-0.3, -0.25) is 0 Å². The summed E-state index contributed by atoms with van der Waals surface area (Å²) in [5.41, 5.74) is 6.40. The van der Waals surface area contributed by atoms with Crippen molar-refractivity contribution in [3.8, 4) is 5.75 Å². The number of oxime groups is 1. The first kappa shape index (κ1) is 12.1. The molecule has 0 amide bonds. The third kappa shape index (κ3) is 2.49. The van der Waals surface area contributed by atoms with Gasteiger partial charge in [-0.2, -0.15) is 0 Å². The number of benzene rings is 1. The molecule has 1 aliphatic rings. The summed E-state index contributed by atoms with van der Waals surface area (Å²) < 4.78 is 5.86. The number of hydrogen-bond acceptors (Lipinski definition) is 4. The van der Waals surface area contributed by atoms with Gasteiger partial charge in [0.1, 0.15) is 5.75 Å². The molecule has 1 fully saturated rings. The van der Waals surface area contributed by atoms with Crippen LogP contribution in [0.3, 0.4) is 0 Å². The topological polar surface area (TPSA) is 67.8 Å². The van der Waals surface area contributed by atoms with E-state index in [1.807, 2.05) is 24.5 Å². The molecule has 1 saturated carbocycles. The van der Waals surface area contributed by atoms with Gasteiger partial charge in [-0.05, 0) is 37.7 Å². The van der Waals surface area contributed by atoms with Crippen LogP contribution in [0.2, 0.25) is 0 Å². The highest BCUT2D eigenvalue weighted by Gasteiger charge is 2.22. The molecule has 0 aliphatic heterocycles. The van der Waals surface area contributed by atoms with Gasteiger partial charge in [0.15, 0.2) is 5.84 Å². The zero-order valence-corrected chi connectivity index (χ0v) is 10.5. The van der Waals surface area contributed by atoms with Crippen molar-refractivity contribution in [3.05, 3.63) is 23.8 Å². The van der Waals surface area contributed by atoms with Crippen molar-refractivity contribution in [2.24, 2.45) is 10.9 Å². The van der Waals surface area contributed by atoms with Crippen LogP contribution < -0.4 is 10.5 Å². The fourth-order valence-electron chi connectivity index (χ4n) is 1.75. The van der Waals surface area contributed by atoms with E-state index in [0.717, 1.165) is 17.7 Å². The van der Waals surface area contributed by atoms with E-state index in [2.05, 4.69) is 5.16 Å². The molecule has 2 rings (SSSR count). The largest absolute Gasteiger partial charge is 0.490 e. The van der Waals surface area contributed by atoms with E-state index in [1.54, 1.807) is 11.8 Å². The SMILES string of the molecule is CSc1cccc(OC2CCC2)c1/C(N)=N/O. The van der Waals surface area contributed by atoms with Gasteiger partial charge in [-0.25, -0.2) is 0 Å². The van der Waals surface area contributed by atoms with Gasteiger partial charge in [0.25, 0.3) is 0 Å². The lowest BCUT2D eigenvalue weighted by atomic mass is 9.96. The van der Waals surface area contributed by atoms with Gasteiger partial charge in [0.05, 0.1) is 11.7 Å². The lowest BCUT2D eigenvalue weighted by Gasteiger charge is -2.27. The minimum absolute atomic E-state index is 0.101. The molecule has 1 aromatic rings. The fourth-order valence-corrected chi connectivity index (χ4v) is 2.37. The van der Waals surface area contributed by atoms with E-state index in [1.165, 1.54) is 6.42 Å². The molecule has 0 radical (unpaired) electrons. The van der Waals surface area contributed by atoms with E-state index in [0.29, 0.717) is 11.3 Å². The van der Waals surface area contributed by atoms with Crippen molar-refractivity contribution in [1.82, 2.24) is 0 Å². The molecule has 0 unspecified atom stereocenters. The summed E-state index contributed by atoms with van der Waals surface area (Å²) in [6, 6.07) is 5.73. The molecule has 17 heavy (non-hydrogen) atoms. The van der Waals surface area contributed by atoms with Crippen molar-refractivity contribution >= 4 is 17.6 Å². The normalized spacial score (nSPS) is 16.6. The van der Waals surface area contributed by atoms with Gasteiger partial charge >= 0.3 is 0 Å². The molecule has 0 saturated heterocycles. The van der Waals surface area contributed by atoms with Crippen LogP contribution in [-0.2, 0) is 0 Å². The Balaban J connectivity index is 2.34. The van der Waals surface area contributed by atoms with Gasteiger partial charge in [-0.1, -0.05) is 11.2 Å². The molecule has 0 spiro atoms. The summed E-state index contributed by atoms with van der Waals surface area (Å²) in [7, 11) is 0. The average molecular weight is 252 g/mol. The van der Waals surface area contributed by atoms with E-state index >= 15 is 0 Å². The molecule has 0 bridgehead atoms. The first-order valence-electron chi connectivity index (χ1n) is 5.57. The third-order valence-electron chi connectivity index (χ3n) is 2.92. The zero-order valence-electron chi connectivity index (χ0n) is 9.72. The standard InChI is InChI=1S/C12H16N2O2S/c1-17-10-7-3-6-9(11(10)12(13)14-15)16-8-4-2-5-8/h3,6-8,15H,2,4-5H2,1H3,(H2,13,14). The number of ether oxygens (including phenoxy) is 1. The summed E-state index contributed by atoms with van der Waals surface area (Å²) in [5.74, 6) is 0.807. The predicted molar refractivity (Wildman–Crippen MR) is 69.0 cm³/mol. The van der Waals surface area contributed by atoms with Gasteiger partial charge in [0.2, 0.25) is 0 Å². The van der Waals surface area contributed by atoms with Crippen molar-refractivity contribution in [2.75, 3.05) is 6.26 Å². The Hall–Kier alpha value is -1.36. The van der Waals surface area contributed by atoms with Crippen LogP contribution in [0.25, 0.3) is 0 Å². The first-order valence-corrected chi connectivity index (χ1v) is 6.80. The maximum Gasteiger partial charge on any atom is 0.174 e. The zero-order chi connectivity index (χ0) is 12.3. The smallest absolute Gasteiger partial charge is 0.174 e. The van der Waals surface area contributed by atoms with E-state index in [9.17, 15) is 0 Å². The predicted octanol–water partition coefficient (Wildman–Crippen LogP) is 2.43. The summed E-state index contributed by atoms with van der Waals surface area (Å²) in [5, 5.41) is 11.9. The van der Waals surface area contributed by atoms with Gasteiger partial charge < -0.3 is 15.7 Å². The molecule has 0 aromatic heterocycles. The van der Waals surface area contributed by atoms with Crippen LogP contribution in [0.4, 0.5) is 0 Å². The number of nitrogens with two attached hydrogens (primary N) is 1. The summed E-state index contributed by atoms with van der Waals surface area (Å²) in [6.07, 6.45) is 5.61. The maximum absolute atomic E-state index is 8.84. The number of thioether (sulfide) groups is 1. The number of hydrogen-bond donors (Lipinski definition) is 2. The minimum atomic E-state index is 0.101. The van der Waals surface area contributed by atoms with Crippen LogP contribution >= 0.6 is 11.8 Å². The molecule has 92 valence electrons. The van der Waals surface area contributed by atoms with E-state index < -0.39 is 0 Å². The van der Waals surface area contributed by atoms with E-state index in [4.69, 9.17) is 15.7 Å². The second kappa shape index (κ2) is 5.31. The second-order valence-electron chi connectivity index (χ2n) is 3.99. The van der Waals surface area contributed by atoms with Crippen molar-refractivity contribution in [2.45, 2.75) is 30.3 Å². The minimum Gasteiger partial charge on any atom is -0.490 e. The monoisotopic (exact) mass is 252 g/mol. The highest BCUT2D eigenvalue weighted by molar-refractivity contribution is 7.98. The lowest BCUT2D eigenvalue weighted by Crippen LogP contribution is -2.26. The van der Waals surface area contributed by atoms with Gasteiger partial charge in [0, 0.05) is 4.90 Å². The lowest BCUT2D eigenvalue weighted by molar-refractivity contribution is 0.119. The van der Waals surface area contributed by atoms with Crippen molar-refractivity contribution < 1.29 is 9.94 Å². The molecular formula is C12H16N2O2S. The Kier molecular flexibility index (Phi) is 3.78. The van der Waals surface area contributed by atoms with Crippen molar-refractivity contribution in [3.63, 3.8) is 0 Å². The molecule has 1 aromatic carbocycles. The molecule has 0 atom stereocenters. The average Bonchev–Trinajstić information content (AvgIpc) is 2.32. The van der Waals surface area contributed by atoms with Crippen LogP contribution in [0.5, 0.6) is 5.75 Å². The Morgan fingerprint density at radius 2 is 2.29 bits per heavy atom. The molecular weight excluding hydrogens is 236 g/mol. The first-order chi connectivity index (χ1) is 8.26. The third-order valence-corrected chi connectivity index (χ3v) is 3.70. The Labute approximate surface area is 105 Å². The van der Waals surface area contributed by atoms with Crippen LogP contribution in [0.1, 0.15) is 24.8 Å². The second-order valence-corrected chi connectivity index (χ2v) is 4.84. The number of rotatable bonds is 4. The summed E-state index contributed by atoms with van der Waals surface area (Å²) in [4.78, 5) is 0.956. The van der Waals surface area contributed by atoms with Crippen LogP contribution in [0.15, 0.2) is 28.3 Å². The highest BCUT2D eigenvalue weighted by atomic mass is 32.2. The summed E-state index contributed by atoms with van der Waals surface area (Å²) >= 11 is 1.55. The summed E-state index contributed by atoms with van der Waals surface area (Å²) in [6.45, 7) is 0. The number of amidine groups is 1. The molecule has 3 N–H and O–H groups in total. The van der Waals surface area contributed by atoms with Crippen LogP contribution in [0, 0.1) is 0 Å². The van der Waals surface area contributed by atoms with Crippen LogP contribution in [-0.4, -0.2) is 23.4 Å². The fraction of sp³-hybridized carbons (Fsp3) is 0.417. The Morgan fingerprint density at radius 1 is 1.53 bits per heavy atom. The Morgan fingerprint density at radius 3 is 2.82 bits per heavy atom. The molecule has 5 heteroatoms. The highest BCUT2D eigenvalue weighted by Crippen LogP contribution is 2.32. The van der Waals surface area contributed by atoms with Gasteiger partial charge in [-0.15, -0.1) is 11.8 Å². The van der Waals surface area contributed by atoms with E-state index in [-0.39, 0.29) is 11.9 Å². The Bertz CT molecular complexity index is 431. The van der Waals surface area contributed by atoms with Crippen molar-refractivity contribution in [1.29, 1.82) is 0 Å².